The van der Waals surface area contributed by atoms with Crippen molar-refractivity contribution in [2.75, 3.05) is 5.73 Å². The number of fused-ring (bicyclic) bond motifs is 1. The van der Waals surface area contributed by atoms with Gasteiger partial charge in [0.2, 0.25) is 5.95 Å². The van der Waals surface area contributed by atoms with E-state index in [0.29, 0.717) is 5.69 Å². The Morgan fingerprint density at radius 2 is 2.11 bits per heavy atom. The summed E-state index contributed by atoms with van der Waals surface area (Å²) in [5.74, 6) is -0.142. The van der Waals surface area contributed by atoms with E-state index in [1.165, 1.54) is 18.3 Å². The van der Waals surface area contributed by atoms with Crippen LogP contribution in [0.4, 0.5) is 10.3 Å². The summed E-state index contributed by atoms with van der Waals surface area (Å²) in [5, 5.41) is 8.49. The fourth-order valence-electron chi connectivity index (χ4n) is 1.95. The van der Waals surface area contributed by atoms with E-state index in [9.17, 15) is 4.39 Å². The Hall–Kier alpha value is -2.50. The van der Waals surface area contributed by atoms with Crippen molar-refractivity contribution in [3.05, 3.63) is 35.8 Å². The van der Waals surface area contributed by atoms with Crippen LogP contribution in [0.15, 0.2) is 24.4 Å². The van der Waals surface area contributed by atoms with Crippen LogP contribution in [0.25, 0.3) is 22.3 Å². The number of anilines is 1. The lowest BCUT2D eigenvalue weighted by molar-refractivity contribution is 0.629. The van der Waals surface area contributed by atoms with E-state index in [4.69, 9.17) is 5.73 Å². The Morgan fingerprint density at radius 1 is 1.28 bits per heavy atom. The van der Waals surface area contributed by atoms with Crippen molar-refractivity contribution in [2.24, 2.45) is 0 Å². The maximum atomic E-state index is 13.2. The van der Waals surface area contributed by atoms with E-state index < -0.39 is 0 Å². The molecule has 3 rings (SSSR count). The molecule has 2 aromatic heterocycles. The standard InChI is InChI=1S/C12H10FN5/c1-6-8-4-7(13)2-3-9(8)16-11(6)10-5-15-12(14)18-17-10/h2-5,16H,1H3,(H2,14,15,18). The zero-order valence-electron chi connectivity index (χ0n) is 9.61. The average Bonchev–Trinajstić information content (AvgIpc) is 2.68. The van der Waals surface area contributed by atoms with Crippen molar-refractivity contribution in [2.45, 2.75) is 6.92 Å². The third-order valence-electron chi connectivity index (χ3n) is 2.86. The molecule has 0 amide bonds. The van der Waals surface area contributed by atoms with E-state index in [-0.39, 0.29) is 11.8 Å². The van der Waals surface area contributed by atoms with Gasteiger partial charge < -0.3 is 10.7 Å². The molecule has 2 heterocycles. The lowest BCUT2D eigenvalue weighted by atomic mass is 10.1. The minimum absolute atomic E-state index is 0.124. The van der Waals surface area contributed by atoms with Crippen LogP contribution in [0.1, 0.15) is 5.56 Å². The number of nitrogens with one attached hydrogen (secondary N) is 1. The predicted molar refractivity (Wildman–Crippen MR) is 66.2 cm³/mol. The van der Waals surface area contributed by atoms with Gasteiger partial charge in [-0.15, -0.1) is 10.2 Å². The Labute approximate surface area is 102 Å². The lowest BCUT2D eigenvalue weighted by Gasteiger charge is -1.97. The van der Waals surface area contributed by atoms with Gasteiger partial charge in [0.25, 0.3) is 0 Å². The van der Waals surface area contributed by atoms with E-state index in [1.54, 1.807) is 6.07 Å². The number of hydrogen-bond donors (Lipinski definition) is 2. The van der Waals surface area contributed by atoms with Crippen LogP contribution in [0.2, 0.25) is 0 Å². The monoisotopic (exact) mass is 243 g/mol. The zero-order chi connectivity index (χ0) is 12.7. The topological polar surface area (TPSA) is 80.5 Å². The molecule has 0 fully saturated rings. The van der Waals surface area contributed by atoms with Crippen molar-refractivity contribution < 1.29 is 4.39 Å². The van der Waals surface area contributed by atoms with Gasteiger partial charge in [0.1, 0.15) is 11.5 Å². The average molecular weight is 243 g/mol. The predicted octanol–water partition coefficient (Wildman–Crippen LogP) is 2.05. The first-order valence-electron chi connectivity index (χ1n) is 5.38. The summed E-state index contributed by atoms with van der Waals surface area (Å²) in [6, 6.07) is 4.59. The second-order valence-corrected chi connectivity index (χ2v) is 4.02. The third-order valence-corrected chi connectivity index (χ3v) is 2.86. The van der Waals surface area contributed by atoms with E-state index in [1.807, 2.05) is 6.92 Å². The van der Waals surface area contributed by atoms with Gasteiger partial charge in [0.15, 0.2) is 0 Å². The maximum Gasteiger partial charge on any atom is 0.240 e. The van der Waals surface area contributed by atoms with E-state index >= 15 is 0 Å². The highest BCUT2D eigenvalue weighted by Gasteiger charge is 2.11. The summed E-state index contributed by atoms with van der Waals surface area (Å²) in [7, 11) is 0. The Kier molecular flexibility index (Phi) is 2.22. The quantitative estimate of drug-likeness (QED) is 0.685. The minimum Gasteiger partial charge on any atom is -0.366 e. The highest BCUT2D eigenvalue weighted by Crippen LogP contribution is 2.28. The smallest absolute Gasteiger partial charge is 0.240 e. The molecule has 3 aromatic rings. The van der Waals surface area contributed by atoms with Crippen LogP contribution < -0.4 is 5.73 Å². The number of H-pyrrole nitrogens is 1. The SMILES string of the molecule is Cc1c(-c2cnc(N)nn2)[nH]c2ccc(F)cc12. The number of halogens is 1. The molecule has 0 atom stereocenters. The van der Waals surface area contributed by atoms with E-state index in [0.717, 1.165) is 22.2 Å². The number of nitrogens with two attached hydrogens (primary N) is 1. The molecule has 0 bridgehead atoms. The van der Waals surface area contributed by atoms with Gasteiger partial charge in [-0.05, 0) is 30.7 Å². The van der Waals surface area contributed by atoms with Gasteiger partial charge in [-0.1, -0.05) is 0 Å². The highest BCUT2D eigenvalue weighted by molar-refractivity contribution is 5.89. The summed E-state index contributed by atoms with van der Waals surface area (Å²) in [6.45, 7) is 1.89. The molecule has 0 spiro atoms. The first-order chi connectivity index (χ1) is 8.65. The van der Waals surface area contributed by atoms with Crippen LogP contribution in [-0.2, 0) is 0 Å². The summed E-state index contributed by atoms with van der Waals surface area (Å²) in [4.78, 5) is 7.07. The summed E-state index contributed by atoms with van der Waals surface area (Å²) in [6.07, 6.45) is 1.54. The fraction of sp³-hybridized carbons (Fsp3) is 0.0833. The molecule has 3 N–H and O–H groups in total. The van der Waals surface area contributed by atoms with Gasteiger partial charge >= 0.3 is 0 Å². The molecule has 0 unspecified atom stereocenters. The number of rotatable bonds is 1. The second kappa shape index (κ2) is 3.76. The van der Waals surface area contributed by atoms with Crippen molar-refractivity contribution in [3.63, 3.8) is 0 Å². The molecule has 90 valence electrons. The number of aryl methyl sites for hydroxylation is 1. The lowest BCUT2D eigenvalue weighted by Crippen LogP contribution is -1.98. The molecule has 5 nitrogen and oxygen atoms in total. The second-order valence-electron chi connectivity index (χ2n) is 4.02. The molecule has 0 aliphatic rings. The van der Waals surface area contributed by atoms with Crippen LogP contribution in [-0.4, -0.2) is 20.2 Å². The molecule has 0 saturated heterocycles. The molecule has 0 aliphatic carbocycles. The maximum absolute atomic E-state index is 13.2. The molecule has 0 aliphatic heterocycles. The molecule has 0 radical (unpaired) electrons. The number of hydrogen-bond acceptors (Lipinski definition) is 4. The van der Waals surface area contributed by atoms with Crippen LogP contribution in [0.5, 0.6) is 0 Å². The van der Waals surface area contributed by atoms with Gasteiger partial charge in [-0.25, -0.2) is 9.37 Å². The minimum atomic E-state index is -0.266. The Morgan fingerprint density at radius 3 is 2.83 bits per heavy atom. The Balaban J connectivity index is 2.23. The van der Waals surface area contributed by atoms with Crippen LogP contribution in [0.3, 0.4) is 0 Å². The fourth-order valence-corrected chi connectivity index (χ4v) is 1.95. The van der Waals surface area contributed by atoms with Crippen molar-refractivity contribution in [1.29, 1.82) is 0 Å². The van der Waals surface area contributed by atoms with E-state index in [2.05, 4.69) is 20.2 Å². The summed E-state index contributed by atoms with van der Waals surface area (Å²) in [5.41, 5.74) is 8.51. The van der Waals surface area contributed by atoms with Crippen molar-refractivity contribution in [1.82, 2.24) is 20.2 Å². The van der Waals surface area contributed by atoms with Crippen LogP contribution >= 0.6 is 0 Å². The van der Waals surface area contributed by atoms with Gasteiger partial charge in [0.05, 0.1) is 11.9 Å². The van der Waals surface area contributed by atoms with Gasteiger partial charge in [-0.3, -0.25) is 0 Å². The molecule has 18 heavy (non-hydrogen) atoms. The van der Waals surface area contributed by atoms with Gasteiger partial charge in [-0.2, -0.15) is 0 Å². The summed E-state index contributed by atoms with van der Waals surface area (Å²) >= 11 is 0. The molecule has 1 aromatic carbocycles. The highest BCUT2D eigenvalue weighted by atomic mass is 19.1. The zero-order valence-corrected chi connectivity index (χ0v) is 9.61. The number of aromatic nitrogens is 4. The number of aromatic amines is 1. The molecule has 6 heteroatoms. The van der Waals surface area contributed by atoms with Crippen molar-refractivity contribution in [3.8, 4) is 11.4 Å². The normalized spacial score (nSPS) is 11.0. The van der Waals surface area contributed by atoms with Gasteiger partial charge in [0, 0.05) is 10.9 Å². The molecule has 0 saturated carbocycles. The number of benzene rings is 1. The number of nitrogens with zero attached hydrogens (tertiary/aromatic N) is 3. The summed E-state index contributed by atoms with van der Waals surface area (Å²) < 4.78 is 13.2. The molecular weight excluding hydrogens is 233 g/mol. The largest absolute Gasteiger partial charge is 0.366 e. The number of nitrogen functional groups attached to an aromatic ring is 1. The Bertz CT molecular complexity index is 717. The van der Waals surface area contributed by atoms with Crippen LogP contribution in [0, 0.1) is 12.7 Å². The van der Waals surface area contributed by atoms with Crippen molar-refractivity contribution >= 4 is 16.9 Å². The first kappa shape index (κ1) is 10.6. The molecular formula is C12H10FN5. The first-order valence-corrected chi connectivity index (χ1v) is 5.38. The third kappa shape index (κ3) is 1.58.